The molecule has 96 valence electrons. The second-order valence-electron chi connectivity index (χ2n) is 4.51. The van der Waals surface area contributed by atoms with Gasteiger partial charge in [0, 0.05) is 18.8 Å². The number of aromatic nitrogens is 5. The zero-order chi connectivity index (χ0) is 12.7. The molecule has 1 N–H and O–H groups in total. The van der Waals surface area contributed by atoms with Gasteiger partial charge in [0.2, 0.25) is 0 Å². The van der Waals surface area contributed by atoms with E-state index in [4.69, 9.17) is 4.74 Å². The van der Waals surface area contributed by atoms with Crippen molar-refractivity contribution >= 4 is 0 Å². The van der Waals surface area contributed by atoms with Crippen molar-refractivity contribution in [3.63, 3.8) is 0 Å². The van der Waals surface area contributed by atoms with Crippen LogP contribution in [-0.4, -0.2) is 43.1 Å². The number of hydrogen-bond acceptors (Lipinski definition) is 5. The van der Waals surface area contributed by atoms with Crippen molar-refractivity contribution < 1.29 is 9.84 Å². The molecule has 1 fully saturated rings. The second-order valence-corrected chi connectivity index (χ2v) is 4.51. The van der Waals surface area contributed by atoms with Crippen molar-refractivity contribution in [3.05, 3.63) is 29.3 Å². The number of rotatable bonds is 3. The van der Waals surface area contributed by atoms with Gasteiger partial charge in [-0.1, -0.05) is 0 Å². The Labute approximate surface area is 104 Å². The average Bonchev–Trinajstić information content (AvgIpc) is 2.82. The van der Waals surface area contributed by atoms with Crippen LogP contribution in [0.3, 0.4) is 0 Å². The topological polar surface area (TPSA) is 78.0 Å². The van der Waals surface area contributed by atoms with Crippen molar-refractivity contribution in [3.8, 4) is 0 Å². The molecule has 1 aliphatic rings. The first-order valence-corrected chi connectivity index (χ1v) is 5.83. The van der Waals surface area contributed by atoms with E-state index in [2.05, 4.69) is 15.3 Å². The van der Waals surface area contributed by atoms with Gasteiger partial charge in [-0.3, -0.25) is 4.68 Å². The van der Waals surface area contributed by atoms with E-state index in [0.717, 1.165) is 11.3 Å². The van der Waals surface area contributed by atoms with E-state index in [0.29, 0.717) is 18.9 Å². The van der Waals surface area contributed by atoms with Gasteiger partial charge >= 0.3 is 0 Å². The lowest BCUT2D eigenvalue weighted by Crippen LogP contribution is -2.30. The molecule has 0 aliphatic carbocycles. The highest BCUT2D eigenvalue weighted by atomic mass is 16.5. The minimum atomic E-state index is -0.784. The molecule has 1 aliphatic heterocycles. The molecule has 0 amide bonds. The molecule has 1 atom stereocenters. The van der Waals surface area contributed by atoms with Crippen LogP contribution in [-0.2, 0) is 11.8 Å². The minimum absolute atomic E-state index is 0.286. The molecular weight excluding hydrogens is 234 g/mol. The summed E-state index contributed by atoms with van der Waals surface area (Å²) in [5.41, 5.74) is 2.03. The lowest BCUT2D eigenvalue weighted by molar-refractivity contribution is -0.0287. The van der Waals surface area contributed by atoms with Crippen molar-refractivity contribution in [2.45, 2.75) is 19.1 Å². The molecule has 3 rings (SSSR count). The largest absolute Gasteiger partial charge is 0.382 e. The van der Waals surface area contributed by atoms with E-state index in [1.165, 1.54) is 4.80 Å². The molecule has 2 aromatic rings. The van der Waals surface area contributed by atoms with Gasteiger partial charge in [-0.15, -0.1) is 0 Å². The summed E-state index contributed by atoms with van der Waals surface area (Å²) >= 11 is 0. The van der Waals surface area contributed by atoms with E-state index in [1.54, 1.807) is 13.2 Å². The first-order valence-electron chi connectivity index (χ1n) is 5.83. The monoisotopic (exact) mass is 249 g/mol. The highest BCUT2D eigenvalue weighted by Gasteiger charge is 2.24. The second kappa shape index (κ2) is 4.18. The molecule has 1 saturated heterocycles. The van der Waals surface area contributed by atoms with Gasteiger partial charge in [-0.05, 0) is 6.92 Å². The highest BCUT2D eigenvalue weighted by Crippen LogP contribution is 2.24. The average molecular weight is 249 g/mol. The Balaban J connectivity index is 1.85. The molecular formula is C11H15N5O2. The Morgan fingerprint density at radius 3 is 2.78 bits per heavy atom. The van der Waals surface area contributed by atoms with Crippen LogP contribution < -0.4 is 0 Å². The molecule has 0 saturated carbocycles. The smallest absolute Gasteiger partial charge is 0.128 e. The Bertz CT molecular complexity index is 558. The SMILES string of the molecule is Cc1nn(C)nc1C(O)c1cnn(C2COC2)c1. The van der Waals surface area contributed by atoms with Gasteiger partial charge in [-0.25, -0.2) is 0 Å². The fraction of sp³-hybridized carbons (Fsp3) is 0.545. The van der Waals surface area contributed by atoms with Crippen molar-refractivity contribution in [1.29, 1.82) is 0 Å². The summed E-state index contributed by atoms with van der Waals surface area (Å²) in [7, 11) is 1.73. The van der Waals surface area contributed by atoms with Gasteiger partial charge in [0.05, 0.1) is 31.1 Å². The Kier molecular flexibility index (Phi) is 2.64. The first kappa shape index (κ1) is 11.4. The minimum Gasteiger partial charge on any atom is -0.382 e. The van der Waals surface area contributed by atoms with Crippen molar-refractivity contribution in [2.24, 2.45) is 7.05 Å². The third kappa shape index (κ3) is 1.81. The third-order valence-electron chi connectivity index (χ3n) is 3.11. The first-order chi connectivity index (χ1) is 8.65. The standard InChI is InChI=1S/C11H15N5O2/c1-7-10(14-15(2)13-7)11(17)8-3-12-16(4-8)9-5-18-6-9/h3-4,9,11,17H,5-6H2,1-2H3. The van der Waals surface area contributed by atoms with Crippen LogP contribution in [0.4, 0.5) is 0 Å². The number of ether oxygens (including phenoxy) is 1. The van der Waals surface area contributed by atoms with Gasteiger partial charge in [0.15, 0.2) is 0 Å². The third-order valence-corrected chi connectivity index (χ3v) is 3.11. The molecule has 1 unspecified atom stereocenters. The van der Waals surface area contributed by atoms with Gasteiger partial charge in [-0.2, -0.15) is 20.1 Å². The molecule has 2 aromatic heterocycles. The number of aryl methyl sites for hydroxylation is 2. The Morgan fingerprint density at radius 2 is 2.22 bits per heavy atom. The van der Waals surface area contributed by atoms with Crippen LogP contribution in [0.5, 0.6) is 0 Å². The molecule has 0 aromatic carbocycles. The summed E-state index contributed by atoms with van der Waals surface area (Å²) in [6, 6.07) is 0.286. The summed E-state index contributed by atoms with van der Waals surface area (Å²) in [5, 5.41) is 22.8. The van der Waals surface area contributed by atoms with E-state index in [9.17, 15) is 5.11 Å². The maximum absolute atomic E-state index is 10.3. The zero-order valence-corrected chi connectivity index (χ0v) is 10.3. The number of nitrogens with zero attached hydrogens (tertiary/aromatic N) is 5. The van der Waals surface area contributed by atoms with Crippen LogP contribution in [0.1, 0.15) is 29.1 Å². The Morgan fingerprint density at radius 1 is 1.44 bits per heavy atom. The summed E-state index contributed by atoms with van der Waals surface area (Å²) < 4.78 is 6.94. The maximum Gasteiger partial charge on any atom is 0.128 e. The summed E-state index contributed by atoms with van der Waals surface area (Å²) in [6.45, 7) is 3.19. The molecule has 0 radical (unpaired) electrons. The normalized spacial score (nSPS) is 17.7. The van der Waals surface area contributed by atoms with E-state index in [-0.39, 0.29) is 6.04 Å². The molecule has 0 spiro atoms. The summed E-state index contributed by atoms with van der Waals surface area (Å²) in [4.78, 5) is 1.46. The predicted octanol–water partition coefficient (Wildman–Crippen LogP) is -0.0270. The van der Waals surface area contributed by atoms with E-state index < -0.39 is 6.10 Å². The number of hydrogen-bond donors (Lipinski definition) is 1. The molecule has 0 bridgehead atoms. The van der Waals surface area contributed by atoms with E-state index >= 15 is 0 Å². The molecule has 3 heterocycles. The van der Waals surface area contributed by atoms with Crippen LogP contribution >= 0.6 is 0 Å². The maximum atomic E-state index is 10.3. The summed E-state index contributed by atoms with van der Waals surface area (Å²) in [6.07, 6.45) is 2.72. The van der Waals surface area contributed by atoms with Crippen molar-refractivity contribution in [2.75, 3.05) is 13.2 Å². The van der Waals surface area contributed by atoms with Crippen molar-refractivity contribution in [1.82, 2.24) is 24.8 Å². The zero-order valence-electron chi connectivity index (χ0n) is 10.3. The highest BCUT2D eigenvalue weighted by molar-refractivity contribution is 5.23. The molecule has 18 heavy (non-hydrogen) atoms. The lowest BCUT2D eigenvalue weighted by Gasteiger charge is -2.25. The van der Waals surface area contributed by atoms with Gasteiger partial charge in [0.1, 0.15) is 11.8 Å². The van der Waals surface area contributed by atoms with Crippen LogP contribution in [0.25, 0.3) is 0 Å². The fourth-order valence-electron chi connectivity index (χ4n) is 2.00. The predicted molar refractivity (Wildman–Crippen MR) is 61.9 cm³/mol. The lowest BCUT2D eigenvalue weighted by atomic mass is 10.1. The van der Waals surface area contributed by atoms with Gasteiger partial charge in [0.25, 0.3) is 0 Å². The van der Waals surface area contributed by atoms with Crippen LogP contribution in [0, 0.1) is 6.92 Å². The molecule has 7 heteroatoms. The fourth-order valence-corrected chi connectivity index (χ4v) is 2.00. The molecule has 7 nitrogen and oxygen atoms in total. The quantitative estimate of drug-likeness (QED) is 0.826. The van der Waals surface area contributed by atoms with E-state index in [1.807, 2.05) is 17.8 Å². The van der Waals surface area contributed by atoms with Gasteiger partial charge < -0.3 is 9.84 Å². The van der Waals surface area contributed by atoms with Crippen LogP contribution in [0.15, 0.2) is 12.4 Å². The van der Waals surface area contributed by atoms with Crippen LogP contribution in [0.2, 0.25) is 0 Å². The Hall–Kier alpha value is -1.73. The summed E-state index contributed by atoms with van der Waals surface area (Å²) in [5.74, 6) is 0. The number of aliphatic hydroxyl groups is 1. The number of aliphatic hydroxyl groups excluding tert-OH is 1.